The minimum atomic E-state index is -0.683. The summed E-state index contributed by atoms with van der Waals surface area (Å²) in [7, 11) is 0. The normalized spacial score (nSPS) is 12.4. The highest BCUT2D eigenvalue weighted by Crippen LogP contribution is 2.13. The Bertz CT molecular complexity index is 442. The van der Waals surface area contributed by atoms with E-state index in [1.54, 1.807) is 24.5 Å². The number of furan rings is 1. The Labute approximate surface area is 93.2 Å². The van der Waals surface area contributed by atoms with E-state index in [2.05, 4.69) is 15.3 Å². The molecule has 84 valence electrons. The molecule has 2 aromatic heterocycles. The molecule has 0 unspecified atom stereocenters. The van der Waals surface area contributed by atoms with E-state index >= 15 is 0 Å². The first kappa shape index (κ1) is 10.6. The monoisotopic (exact) mass is 219 g/mol. The molecule has 0 saturated heterocycles. The summed E-state index contributed by atoms with van der Waals surface area (Å²) >= 11 is 0. The van der Waals surface area contributed by atoms with Crippen LogP contribution < -0.4 is 5.32 Å². The molecule has 2 rings (SSSR count). The number of nitrogens with zero attached hydrogens (tertiary/aromatic N) is 2. The van der Waals surface area contributed by atoms with E-state index in [9.17, 15) is 5.11 Å². The molecule has 0 saturated carbocycles. The molecule has 0 aromatic carbocycles. The summed E-state index contributed by atoms with van der Waals surface area (Å²) in [5, 5.41) is 12.7. The molecule has 16 heavy (non-hydrogen) atoms. The van der Waals surface area contributed by atoms with Gasteiger partial charge in [0.2, 0.25) is 0 Å². The summed E-state index contributed by atoms with van der Waals surface area (Å²) in [5.41, 5.74) is 0.831. The van der Waals surface area contributed by atoms with Crippen molar-refractivity contribution in [2.45, 2.75) is 13.0 Å². The maximum Gasteiger partial charge on any atom is 0.144 e. The Balaban J connectivity index is 1.92. The first-order chi connectivity index (χ1) is 7.75. The van der Waals surface area contributed by atoms with Crippen molar-refractivity contribution in [2.75, 3.05) is 11.9 Å². The zero-order valence-corrected chi connectivity index (χ0v) is 8.92. The molecule has 5 heteroatoms. The van der Waals surface area contributed by atoms with Crippen LogP contribution >= 0.6 is 0 Å². The Morgan fingerprint density at radius 3 is 3.06 bits per heavy atom. The van der Waals surface area contributed by atoms with E-state index in [1.807, 2.05) is 6.92 Å². The van der Waals surface area contributed by atoms with Crippen LogP contribution in [0.3, 0.4) is 0 Å². The third-order valence-electron chi connectivity index (χ3n) is 2.10. The van der Waals surface area contributed by atoms with Crippen molar-refractivity contribution in [2.24, 2.45) is 0 Å². The molecule has 2 aromatic rings. The smallest absolute Gasteiger partial charge is 0.144 e. The average Bonchev–Trinajstić information content (AvgIpc) is 2.79. The summed E-state index contributed by atoms with van der Waals surface area (Å²) in [6.45, 7) is 2.20. The second-order valence-electron chi connectivity index (χ2n) is 3.46. The molecule has 5 nitrogen and oxygen atoms in total. The van der Waals surface area contributed by atoms with E-state index < -0.39 is 6.10 Å². The number of nitrogens with one attached hydrogen (secondary N) is 1. The van der Waals surface area contributed by atoms with E-state index in [-0.39, 0.29) is 0 Å². The molecular formula is C11H13N3O2. The maximum absolute atomic E-state index is 9.74. The SMILES string of the molecule is Cc1cncc(NC[C@H](O)c2ccco2)n1. The molecule has 0 amide bonds. The quantitative estimate of drug-likeness (QED) is 0.815. The molecule has 0 bridgehead atoms. The van der Waals surface area contributed by atoms with E-state index in [4.69, 9.17) is 4.42 Å². The van der Waals surface area contributed by atoms with Gasteiger partial charge in [-0.3, -0.25) is 4.98 Å². The lowest BCUT2D eigenvalue weighted by Crippen LogP contribution is -2.12. The van der Waals surface area contributed by atoms with Gasteiger partial charge in [0, 0.05) is 12.7 Å². The predicted octanol–water partition coefficient (Wildman–Crippen LogP) is 1.52. The molecule has 0 aliphatic heterocycles. The van der Waals surface area contributed by atoms with Crippen molar-refractivity contribution in [3.05, 3.63) is 42.2 Å². The van der Waals surface area contributed by atoms with Crippen LogP contribution in [0.5, 0.6) is 0 Å². The van der Waals surface area contributed by atoms with Gasteiger partial charge < -0.3 is 14.8 Å². The van der Waals surface area contributed by atoms with Gasteiger partial charge >= 0.3 is 0 Å². The number of hydrogen-bond donors (Lipinski definition) is 2. The second kappa shape index (κ2) is 4.76. The van der Waals surface area contributed by atoms with Crippen molar-refractivity contribution in [1.29, 1.82) is 0 Å². The van der Waals surface area contributed by atoms with Gasteiger partial charge in [0.25, 0.3) is 0 Å². The number of hydrogen-bond acceptors (Lipinski definition) is 5. The molecule has 0 aliphatic carbocycles. The summed E-state index contributed by atoms with van der Waals surface area (Å²) in [5.74, 6) is 1.18. The van der Waals surface area contributed by atoms with Crippen molar-refractivity contribution < 1.29 is 9.52 Å². The molecule has 0 radical (unpaired) electrons. The van der Waals surface area contributed by atoms with Gasteiger partial charge in [-0.25, -0.2) is 4.98 Å². The molecule has 2 N–H and O–H groups in total. The predicted molar refractivity (Wildman–Crippen MR) is 58.9 cm³/mol. The summed E-state index contributed by atoms with van der Waals surface area (Å²) in [6, 6.07) is 3.47. The lowest BCUT2D eigenvalue weighted by atomic mass is 10.3. The number of aryl methyl sites for hydroxylation is 1. The Hall–Kier alpha value is -1.88. The number of rotatable bonds is 4. The molecule has 0 spiro atoms. The van der Waals surface area contributed by atoms with Crippen LogP contribution in [-0.2, 0) is 0 Å². The van der Waals surface area contributed by atoms with Crippen LogP contribution in [-0.4, -0.2) is 21.6 Å². The van der Waals surface area contributed by atoms with Gasteiger partial charge in [-0.1, -0.05) is 0 Å². The lowest BCUT2D eigenvalue weighted by molar-refractivity contribution is 0.162. The van der Waals surface area contributed by atoms with Gasteiger partial charge in [-0.05, 0) is 19.1 Å². The summed E-state index contributed by atoms with van der Waals surface area (Å²) in [6.07, 6.45) is 4.14. The number of aromatic nitrogens is 2. The average molecular weight is 219 g/mol. The van der Waals surface area contributed by atoms with Crippen molar-refractivity contribution >= 4 is 5.82 Å². The highest BCUT2D eigenvalue weighted by molar-refractivity contribution is 5.31. The Morgan fingerprint density at radius 1 is 1.50 bits per heavy atom. The van der Waals surface area contributed by atoms with Gasteiger partial charge in [-0.15, -0.1) is 0 Å². The first-order valence-electron chi connectivity index (χ1n) is 4.99. The second-order valence-corrected chi connectivity index (χ2v) is 3.46. The minimum absolute atomic E-state index is 0.339. The van der Waals surface area contributed by atoms with E-state index in [0.717, 1.165) is 5.69 Å². The maximum atomic E-state index is 9.74. The van der Waals surface area contributed by atoms with Gasteiger partial charge in [0.15, 0.2) is 0 Å². The highest BCUT2D eigenvalue weighted by atomic mass is 16.4. The lowest BCUT2D eigenvalue weighted by Gasteiger charge is -2.09. The van der Waals surface area contributed by atoms with Crippen molar-refractivity contribution in [3.8, 4) is 0 Å². The third kappa shape index (κ3) is 2.58. The highest BCUT2D eigenvalue weighted by Gasteiger charge is 2.09. The largest absolute Gasteiger partial charge is 0.467 e. The molecule has 2 heterocycles. The van der Waals surface area contributed by atoms with Crippen LogP contribution in [0.1, 0.15) is 17.6 Å². The summed E-state index contributed by atoms with van der Waals surface area (Å²) in [4.78, 5) is 8.21. The number of aliphatic hydroxyl groups excluding tert-OH is 1. The fourth-order valence-electron chi connectivity index (χ4n) is 1.33. The molecule has 0 aliphatic rings. The van der Waals surface area contributed by atoms with Gasteiger partial charge in [-0.2, -0.15) is 0 Å². The van der Waals surface area contributed by atoms with Crippen molar-refractivity contribution in [1.82, 2.24) is 9.97 Å². The van der Waals surface area contributed by atoms with Crippen LogP contribution in [0.2, 0.25) is 0 Å². The first-order valence-corrected chi connectivity index (χ1v) is 4.99. The van der Waals surface area contributed by atoms with Gasteiger partial charge in [0.05, 0.1) is 18.2 Å². The van der Waals surface area contributed by atoms with Crippen LogP contribution in [0.15, 0.2) is 35.2 Å². The zero-order valence-electron chi connectivity index (χ0n) is 8.92. The minimum Gasteiger partial charge on any atom is -0.467 e. The Kier molecular flexibility index (Phi) is 3.16. The van der Waals surface area contributed by atoms with Crippen molar-refractivity contribution in [3.63, 3.8) is 0 Å². The fraction of sp³-hybridized carbons (Fsp3) is 0.273. The van der Waals surface area contributed by atoms with E-state index in [0.29, 0.717) is 18.1 Å². The molecule has 0 fully saturated rings. The topological polar surface area (TPSA) is 71.2 Å². The standard InChI is InChI=1S/C11H13N3O2/c1-8-5-12-7-11(14-8)13-6-9(15)10-3-2-4-16-10/h2-5,7,9,15H,6H2,1H3,(H,13,14)/t9-/m0/s1. The summed E-state index contributed by atoms with van der Waals surface area (Å²) < 4.78 is 5.08. The zero-order chi connectivity index (χ0) is 11.4. The fourth-order valence-corrected chi connectivity index (χ4v) is 1.33. The van der Waals surface area contributed by atoms with Crippen LogP contribution in [0.4, 0.5) is 5.82 Å². The molecule has 1 atom stereocenters. The van der Waals surface area contributed by atoms with Crippen LogP contribution in [0.25, 0.3) is 0 Å². The van der Waals surface area contributed by atoms with E-state index in [1.165, 1.54) is 6.26 Å². The number of anilines is 1. The molecular weight excluding hydrogens is 206 g/mol. The van der Waals surface area contributed by atoms with Crippen LogP contribution in [0, 0.1) is 6.92 Å². The third-order valence-corrected chi connectivity index (χ3v) is 2.10. The van der Waals surface area contributed by atoms with Gasteiger partial charge in [0.1, 0.15) is 17.7 Å². The Morgan fingerprint density at radius 2 is 2.38 bits per heavy atom. The number of aliphatic hydroxyl groups is 1.